The zero-order valence-corrected chi connectivity index (χ0v) is 12.2. The summed E-state index contributed by atoms with van der Waals surface area (Å²) in [5.74, 6) is -0.253. The number of likely N-dealkylation sites (tertiary alicyclic amines) is 1. The zero-order chi connectivity index (χ0) is 16.3. The number of nitrogens with two attached hydrogens (primary N) is 1. The van der Waals surface area contributed by atoms with Crippen LogP contribution in [-0.2, 0) is 4.79 Å². The first kappa shape index (κ1) is 16.6. The van der Waals surface area contributed by atoms with E-state index < -0.39 is 17.8 Å². The van der Waals surface area contributed by atoms with Crippen LogP contribution in [0.4, 0.5) is 13.2 Å². The lowest BCUT2D eigenvalue weighted by molar-refractivity contribution is -0.117. The third-order valence-electron chi connectivity index (χ3n) is 3.91. The molecule has 22 heavy (non-hydrogen) atoms. The molecule has 1 aliphatic carbocycles. The fourth-order valence-electron chi connectivity index (χ4n) is 2.79. The number of alkyl halides is 3. The third kappa shape index (κ3) is 3.91. The van der Waals surface area contributed by atoms with Crippen LogP contribution in [0.25, 0.3) is 0 Å². The molecule has 1 unspecified atom stereocenters. The molecular formula is C15H20F3N3O. The lowest BCUT2D eigenvalue weighted by Gasteiger charge is -2.37. The van der Waals surface area contributed by atoms with Gasteiger partial charge in [-0.05, 0) is 25.3 Å². The van der Waals surface area contributed by atoms with Gasteiger partial charge in [-0.3, -0.25) is 4.79 Å². The lowest BCUT2D eigenvalue weighted by atomic mass is 9.96. The van der Waals surface area contributed by atoms with Crippen LogP contribution >= 0.6 is 0 Å². The van der Waals surface area contributed by atoms with Crippen LogP contribution in [0, 0.1) is 0 Å². The molecule has 0 bridgehead atoms. The van der Waals surface area contributed by atoms with Crippen LogP contribution in [0.5, 0.6) is 0 Å². The molecule has 1 heterocycles. The first-order valence-electron chi connectivity index (χ1n) is 7.24. The van der Waals surface area contributed by atoms with Crippen molar-refractivity contribution in [1.29, 1.82) is 0 Å². The predicted octanol–water partition coefficient (Wildman–Crippen LogP) is 1.86. The van der Waals surface area contributed by atoms with Crippen molar-refractivity contribution in [3.63, 3.8) is 0 Å². The number of nitrogens with one attached hydrogen (secondary N) is 1. The standard InChI is InChI=1S/C15H20F3N3O/c1-2-14(22)20-11-5-7-21(8-6-11)13-4-3-10(19)9-12(13)15(16,17)18/h2,4,9-11H,1,3,5-8,19H2,(H,20,22). The number of carbonyl (C=O) groups is 1. The van der Waals surface area contributed by atoms with Gasteiger partial charge in [-0.15, -0.1) is 0 Å². The van der Waals surface area contributed by atoms with Crippen LogP contribution in [0.3, 0.4) is 0 Å². The summed E-state index contributed by atoms with van der Waals surface area (Å²) in [6.07, 6.45) is 1.07. The van der Waals surface area contributed by atoms with E-state index in [1.165, 1.54) is 6.08 Å². The molecule has 1 saturated heterocycles. The molecular weight excluding hydrogens is 295 g/mol. The average molecular weight is 315 g/mol. The van der Waals surface area contributed by atoms with E-state index in [9.17, 15) is 18.0 Å². The Morgan fingerprint density at radius 2 is 2.05 bits per heavy atom. The van der Waals surface area contributed by atoms with Crippen molar-refractivity contribution in [3.05, 3.63) is 36.1 Å². The highest BCUT2D eigenvalue weighted by Crippen LogP contribution is 2.36. The number of piperidine rings is 1. The highest BCUT2D eigenvalue weighted by Gasteiger charge is 2.40. The van der Waals surface area contributed by atoms with E-state index in [2.05, 4.69) is 11.9 Å². The molecule has 0 radical (unpaired) electrons. The number of allylic oxidation sites excluding steroid dienone is 1. The Labute approximate surface area is 127 Å². The van der Waals surface area contributed by atoms with Crippen LogP contribution in [0.15, 0.2) is 36.1 Å². The molecule has 0 aromatic heterocycles. The molecule has 3 N–H and O–H groups in total. The van der Waals surface area contributed by atoms with Gasteiger partial charge < -0.3 is 16.0 Å². The van der Waals surface area contributed by atoms with Crippen molar-refractivity contribution in [2.75, 3.05) is 13.1 Å². The van der Waals surface area contributed by atoms with Gasteiger partial charge in [-0.1, -0.05) is 18.7 Å². The van der Waals surface area contributed by atoms with Crippen molar-refractivity contribution in [2.45, 2.75) is 37.5 Å². The number of carbonyl (C=O) groups excluding carboxylic acids is 1. The molecule has 0 aromatic carbocycles. The summed E-state index contributed by atoms with van der Waals surface area (Å²) in [7, 11) is 0. The maximum atomic E-state index is 13.2. The normalized spacial score (nSPS) is 23.6. The van der Waals surface area contributed by atoms with Crippen molar-refractivity contribution >= 4 is 5.91 Å². The highest BCUT2D eigenvalue weighted by atomic mass is 19.4. The van der Waals surface area contributed by atoms with Gasteiger partial charge in [-0.2, -0.15) is 13.2 Å². The summed E-state index contributed by atoms with van der Waals surface area (Å²) >= 11 is 0. The van der Waals surface area contributed by atoms with Crippen LogP contribution in [-0.4, -0.2) is 42.2 Å². The Bertz CT molecular complexity index is 503. The summed E-state index contributed by atoms with van der Waals surface area (Å²) in [5, 5.41) is 2.78. The Balaban J connectivity index is 2.02. The van der Waals surface area contributed by atoms with Gasteiger partial charge >= 0.3 is 6.18 Å². The Hall–Kier alpha value is -1.76. The quantitative estimate of drug-likeness (QED) is 0.782. The second-order valence-electron chi connectivity index (χ2n) is 5.54. The van der Waals surface area contributed by atoms with Crippen molar-refractivity contribution in [3.8, 4) is 0 Å². The molecule has 1 amide bonds. The molecule has 2 aliphatic rings. The largest absolute Gasteiger partial charge is 0.418 e. The molecule has 0 saturated carbocycles. The average Bonchev–Trinajstić information content (AvgIpc) is 2.47. The Kier molecular flexibility index (Phi) is 4.95. The molecule has 1 aliphatic heterocycles. The Morgan fingerprint density at radius 1 is 1.41 bits per heavy atom. The van der Waals surface area contributed by atoms with Gasteiger partial charge in [0.1, 0.15) is 0 Å². The molecule has 0 spiro atoms. The minimum atomic E-state index is -4.40. The molecule has 7 heteroatoms. The zero-order valence-electron chi connectivity index (χ0n) is 12.2. The minimum Gasteiger partial charge on any atom is -0.371 e. The van der Waals surface area contributed by atoms with Crippen molar-refractivity contribution in [1.82, 2.24) is 10.2 Å². The first-order valence-corrected chi connectivity index (χ1v) is 7.24. The van der Waals surface area contributed by atoms with Crippen LogP contribution < -0.4 is 11.1 Å². The SMILES string of the molecule is C=CC(=O)NC1CCN(C2=CCC(N)C=C2C(F)(F)F)CC1. The summed E-state index contributed by atoms with van der Waals surface area (Å²) in [4.78, 5) is 13.0. The van der Waals surface area contributed by atoms with Gasteiger partial charge in [0.05, 0.1) is 5.57 Å². The van der Waals surface area contributed by atoms with E-state index in [1.54, 1.807) is 11.0 Å². The van der Waals surface area contributed by atoms with E-state index in [4.69, 9.17) is 5.73 Å². The second-order valence-corrected chi connectivity index (χ2v) is 5.54. The third-order valence-corrected chi connectivity index (χ3v) is 3.91. The number of hydrogen-bond acceptors (Lipinski definition) is 3. The van der Waals surface area contributed by atoms with Crippen LogP contribution in [0.1, 0.15) is 19.3 Å². The molecule has 1 atom stereocenters. The van der Waals surface area contributed by atoms with E-state index >= 15 is 0 Å². The summed E-state index contributed by atoms with van der Waals surface area (Å²) in [6, 6.07) is -0.615. The number of hydrogen-bond donors (Lipinski definition) is 2. The fourth-order valence-corrected chi connectivity index (χ4v) is 2.79. The molecule has 0 aromatic rings. The van der Waals surface area contributed by atoms with Gasteiger partial charge in [0, 0.05) is 30.9 Å². The molecule has 2 rings (SSSR count). The number of amides is 1. The summed E-state index contributed by atoms with van der Waals surface area (Å²) in [5.41, 5.74) is 5.17. The van der Waals surface area contributed by atoms with Gasteiger partial charge in [-0.25, -0.2) is 0 Å². The van der Waals surface area contributed by atoms with Crippen molar-refractivity contribution < 1.29 is 18.0 Å². The molecule has 4 nitrogen and oxygen atoms in total. The number of nitrogens with zero attached hydrogens (tertiary/aromatic N) is 1. The topological polar surface area (TPSA) is 58.4 Å². The molecule has 1 fully saturated rings. The Morgan fingerprint density at radius 3 is 2.59 bits per heavy atom. The summed E-state index contributed by atoms with van der Waals surface area (Å²) in [6.45, 7) is 4.32. The second kappa shape index (κ2) is 6.56. The van der Waals surface area contributed by atoms with Gasteiger partial charge in [0.2, 0.25) is 5.91 Å². The first-order chi connectivity index (χ1) is 10.3. The monoisotopic (exact) mass is 315 g/mol. The fraction of sp³-hybridized carbons (Fsp3) is 0.533. The van der Waals surface area contributed by atoms with Crippen molar-refractivity contribution in [2.24, 2.45) is 5.73 Å². The maximum Gasteiger partial charge on any atom is 0.418 e. The molecule has 122 valence electrons. The minimum absolute atomic E-state index is 0.0217. The smallest absolute Gasteiger partial charge is 0.371 e. The number of halogens is 3. The van der Waals surface area contributed by atoms with E-state index in [-0.39, 0.29) is 17.6 Å². The maximum absolute atomic E-state index is 13.2. The van der Waals surface area contributed by atoms with Crippen LogP contribution in [0.2, 0.25) is 0 Å². The highest BCUT2D eigenvalue weighted by molar-refractivity contribution is 5.87. The predicted molar refractivity (Wildman–Crippen MR) is 77.7 cm³/mol. The van der Waals surface area contributed by atoms with E-state index in [1.807, 2.05) is 0 Å². The lowest BCUT2D eigenvalue weighted by Crippen LogP contribution is -2.45. The van der Waals surface area contributed by atoms with E-state index in [0.29, 0.717) is 32.4 Å². The van der Waals surface area contributed by atoms with Gasteiger partial charge in [0.25, 0.3) is 0 Å². The summed E-state index contributed by atoms with van der Waals surface area (Å²) < 4.78 is 39.5. The van der Waals surface area contributed by atoms with Gasteiger partial charge in [0.15, 0.2) is 0 Å². The number of rotatable bonds is 3. The van der Waals surface area contributed by atoms with E-state index in [0.717, 1.165) is 6.08 Å².